The van der Waals surface area contributed by atoms with E-state index in [1.165, 1.54) is 11.3 Å². The molecule has 1 atom stereocenters. The molecule has 0 saturated carbocycles. The second-order valence-corrected chi connectivity index (χ2v) is 6.96. The molecule has 0 aliphatic heterocycles. The summed E-state index contributed by atoms with van der Waals surface area (Å²) in [5.41, 5.74) is 1.38. The van der Waals surface area contributed by atoms with Gasteiger partial charge in [-0.2, -0.15) is 0 Å². The summed E-state index contributed by atoms with van der Waals surface area (Å²) in [6, 6.07) is 0. The monoisotopic (exact) mass is 351 g/mol. The Labute approximate surface area is 144 Å². The maximum absolute atomic E-state index is 12.4. The Kier molecular flexibility index (Phi) is 6.14. The molecule has 6 nitrogen and oxygen atoms in total. The second kappa shape index (κ2) is 8.10. The SMILES string of the molecule is CCCOC(=O)c1c(NC(=O)/C=C/C(=O)O)sc2c1CC[C@@H](C)C2. The van der Waals surface area contributed by atoms with Crippen LogP contribution >= 0.6 is 11.3 Å². The van der Waals surface area contributed by atoms with Gasteiger partial charge < -0.3 is 15.2 Å². The van der Waals surface area contributed by atoms with Gasteiger partial charge in [0, 0.05) is 17.0 Å². The number of esters is 1. The van der Waals surface area contributed by atoms with Gasteiger partial charge in [0.1, 0.15) is 5.00 Å². The number of aliphatic carboxylic acids is 1. The maximum atomic E-state index is 12.4. The van der Waals surface area contributed by atoms with E-state index >= 15 is 0 Å². The summed E-state index contributed by atoms with van der Waals surface area (Å²) >= 11 is 1.38. The quantitative estimate of drug-likeness (QED) is 0.607. The highest BCUT2D eigenvalue weighted by Crippen LogP contribution is 2.40. The number of carbonyl (C=O) groups excluding carboxylic acids is 2. The normalized spacial score (nSPS) is 16.7. The molecule has 0 unspecified atom stereocenters. The number of nitrogens with one attached hydrogen (secondary N) is 1. The summed E-state index contributed by atoms with van der Waals surface area (Å²) in [5.74, 6) is -1.67. The minimum absolute atomic E-state index is 0.326. The fourth-order valence-corrected chi connectivity index (χ4v) is 4.02. The van der Waals surface area contributed by atoms with Crippen LogP contribution < -0.4 is 5.32 Å². The lowest BCUT2D eigenvalue weighted by molar-refractivity contribution is -0.131. The van der Waals surface area contributed by atoms with Gasteiger partial charge >= 0.3 is 11.9 Å². The third-order valence-electron chi connectivity index (χ3n) is 3.77. The predicted octanol–water partition coefficient (Wildman–Crippen LogP) is 3.02. The van der Waals surface area contributed by atoms with E-state index in [9.17, 15) is 14.4 Å². The lowest BCUT2D eigenvalue weighted by Crippen LogP contribution is -2.16. The van der Waals surface area contributed by atoms with Crippen LogP contribution in [0, 0.1) is 5.92 Å². The van der Waals surface area contributed by atoms with E-state index in [-0.39, 0.29) is 0 Å². The van der Waals surface area contributed by atoms with Crippen LogP contribution in [0.25, 0.3) is 0 Å². The minimum atomic E-state index is -1.20. The molecule has 0 spiro atoms. The maximum Gasteiger partial charge on any atom is 0.341 e. The fraction of sp³-hybridized carbons (Fsp3) is 0.471. The molecule has 0 radical (unpaired) electrons. The summed E-state index contributed by atoms with van der Waals surface area (Å²) in [4.78, 5) is 35.9. The molecular formula is C17H21NO5S. The van der Waals surface area contributed by atoms with Crippen molar-refractivity contribution < 1.29 is 24.2 Å². The number of carboxylic acids is 1. The first-order valence-electron chi connectivity index (χ1n) is 7.96. The zero-order valence-corrected chi connectivity index (χ0v) is 14.6. The number of ether oxygens (including phenoxy) is 1. The number of rotatable bonds is 6. The van der Waals surface area contributed by atoms with E-state index in [1.54, 1.807) is 0 Å². The highest BCUT2D eigenvalue weighted by atomic mass is 32.1. The van der Waals surface area contributed by atoms with Crippen LogP contribution in [0.2, 0.25) is 0 Å². The van der Waals surface area contributed by atoms with Crippen LogP contribution in [0.4, 0.5) is 5.00 Å². The van der Waals surface area contributed by atoms with Crippen molar-refractivity contribution in [2.75, 3.05) is 11.9 Å². The van der Waals surface area contributed by atoms with Crippen molar-refractivity contribution in [3.05, 3.63) is 28.2 Å². The molecule has 130 valence electrons. The first-order chi connectivity index (χ1) is 11.4. The van der Waals surface area contributed by atoms with Crippen molar-refractivity contribution in [3.63, 3.8) is 0 Å². The van der Waals surface area contributed by atoms with Crippen LogP contribution in [0.1, 0.15) is 47.5 Å². The molecule has 0 bridgehead atoms. The first kappa shape index (κ1) is 18.2. The second-order valence-electron chi connectivity index (χ2n) is 5.85. The van der Waals surface area contributed by atoms with E-state index < -0.39 is 17.8 Å². The molecular weight excluding hydrogens is 330 g/mol. The Morgan fingerprint density at radius 3 is 2.79 bits per heavy atom. The molecule has 0 fully saturated rings. The zero-order chi connectivity index (χ0) is 17.7. The van der Waals surface area contributed by atoms with Gasteiger partial charge in [-0.1, -0.05) is 13.8 Å². The van der Waals surface area contributed by atoms with Gasteiger partial charge in [0.2, 0.25) is 5.91 Å². The number of carbonyl (C=O) groups is 3. The van der Waals surface area contributed by atoms with Crippen LogP contribution in [-0.2, 0) is 27.2 Å². The summed E-state index contributed by atoms with van der Waals surface area (Å²) in [6.07, 6.45) is 5.06. The summed E-state index contributed by atoms with van der Waals surface area (Å²) in [7, 11) is 0. The predicted molar refractivity (Wildman–Crippen MR) is 91.5 cm³/mol. The van der Waals surface area contributed by atoms with Gasteiger partial charge in [-0.25, -0.2) is 9.59 Å². The van der Waals surface area contributed by atoms with E-state index in [1.807, 2.05) is 6.92 Å². The van der Waals surface area contributed by atoms with Crippen LogP contribution in [0.3, 0.4) is 0 Å². The molecule has 1 amide bonds. The van der Waals surface area contributed by atoms with E-state index in [4.69, 9.17) is 9.84 Å². The molecule has 0 saturated heterocycles. The van der Waals surface area contributed by atoms with Gasteiger partial charge in [0.15, 0.2) is 0 Å². The van der Waals surface area contributed by atoms with E-state index in [0.717, 1.165) is 48.3 Å². The average Bonchev–Trinajstić information content (AvgIpc) is 2.87. The molecule has 7 heteroatoms. The molecule has 2 rings (SSSR count). The van der Waals surface area contributed by atoms with Crippen molar-refractivity contribution in [1.82, 2.24) is 0 Å². The zero-order valence-electron chi connectivity index (χ0n) is 13.8. The molecule has 24 heavy (non-hydrogen) atoms. The smallest absolute Gasteiger partial charge is 0.341 e. The third kappa shape index (κ3) is 4.44. The van der Waals surface area contributed by atoms with Crippen LogP contribution in [0.15, 0.2) is 12.2 Å². The summed E-state index contributed by atoms with van der Waals surface area (Å²) in [6.45, 7) is 4.40. The number of hydrogen-bond donors (Lipinski definition) is 2. The van der Waals surface area contributed by atoms with Gasteiger partial charge in [0.25, 0.3) is 0 Å². The number of thiophene rings is 1. The average molecular weight is 351 g/mol. The van der Waals surface area contributed by atoms with Crippen LogP contribution in [-0.4, -0.2) is 29.6 Å². The Hall–Kier alpha value is -2.15. The van der Waals surface area contributed by atoms with E-state index in [0.29, 0.717) is 23.1 Å². The lowest BCUT2D eigenvalue weighted by Gasteiger charge is -2.18. The Morgan fingerprint density at radius 2 is 2.12 bits per heavy atom. The van der Waals surface area contributed by atoms with Crippen molar-refractivity contribution in [2.45, 2.75) is 39.5 Å². The van der Waals surface area contributed by atoms with Gasteiger partial charge in [-0.05, 0) is 37.2 Å². The van der Waals surface area contributed by atoms with Crippen molar-refractivity contribution in [3.8, 4) is 0 Å². The fourth-order valence-electron chi connectivity index (χ4n) is 2.62. The topological polar surface area (TPSA) is 92.7 Å². The largest absolute Gasteiger partial charge is 0.478 e. The number of anilines is 1. The third-order valence-corrected chi connectivity index (χ3v) is 4.94. The van der Waals surface area contributed by atoms with Crippen molar-refractivity contribution in [2.24, 2.45) is 5.92 Å². The summed E-state index contributed by atoms with van der Waals surface area (Å²) < 4.78 is 5.25. The highest BCUT2D eigenvalue weighted by molar-refractivity contribution is 7.17. The number of carboxylic acid groups (broad SMARTS) is 1. The molecule has 0 aromatic carbocycles. The molecule has 1 aromatic rings. The molecule has 2 N–H and O–H groups in total. The van der Waals surface area contributed by atoms with Crippen LogP contribution in [0.5, 0.6) is 0 Å². The summed E-state index contributed by atoms with van der Waals surface area (Å²) in [5, 5.41) is 11.7. The van der Waals surface area contributed by atoms with Gasteiger partial charge in [-0.15, -0.1) is 11.3 Å². The van der Waals surface area contributed by atoms with Gasteiger partial charge in [0.05, 0.1) is 12.2 Å². The lowest BCUT2D eigenvalue weighted by atomic mass is 9.88. The Balaban J connectivity index is 2.30. The Bertz CT molecular complexity index is 677. The highest BCUT2D eigenvalue weighted by Gasteiger charge is 2.28. The minimum Gasteiger partial charge on any atom is -0.478 e. The first-order valence-corrected chi connectivity index (χ1v) is 8.77. The standard InChI is InChI=1S/C17H21NO5S/c1-3-8-23-17(22)15-11-5-4-10(2)9-12(11)24-16(15)18-13(19)6-7-14(20)21/h6-7,10H,3-5,8-9H2,1-2H3,(H,18,19)(H,20,21)/b7-6+/t10-/m1/s1. The van der Waals surface area contributed by atoms with E-state index in [2.05, 4.69) is 12.2 Å². The number of amides is 1. The number of fused-ring (bicyclic) bond motifs is 1. The molecule has 1 aliphatic rings. The molecule has 1 heterocycles. The molecule has 1 aliphatic carbocycles. The van der Waals surface area contributed by atoms with Crippen molar-refractivity contribution >= 4 is 34.2 Å². The van der Waals surface area contributed by atoms with Gasteiger partial charge in [-0.3, -0.25) is 4.79 Å². The molecule has 1 aromatic heterocycles. The Morgan fingerprint density at radius 1 is 1.38 bits per heavy atom. The number of hydrogen-bond acceptors (Lipinski definition) is 5. The van der Waals surface area contributed by atoms with Crippen molar-refractivity contribution in [1.29, 1.82) is 0 Å².